The molecule has 1 fully saturated rings. The summed E-state index contributed by atoms with van der Waals surface area (Å²) in [4.78, 5) is 11.1. The van der Waals surface area contributed by atoms with Crippen LogP contribution in [0.3, 0.4) is 0 Å². The van der Waals surface area contributed by atoms with Crippen LogP contribution in [0.4, 0.5) is 11.6 Å². The van der Waals surface area contributed by atoms with Crippen LogP contribution in [0.15, 0.2) is 42.7 Å². The molecule has 1 aromatic carbocycles. The van der Waals surface area contributed by atoms with E-state index >= 15 is 0 Å². The van der Waals surface area contributed by atoms with Gasteiger partial charge in [-0.25, -0.2) is 9.97 Å². The van der Waals surface area contributed by atoms with Crippen LogP contribution in [0, 0.1) is 6.92 Å². The quantitative estimate of drug-likeness (QED) is 0.858. The topological polar surface area (TPSA) is 38.2 Å². The smallest absolute Gasteiger partial charge is 0.230 e. The lowest BCUT2D eigenvalue weighted by molar-refractivity contribution is 0.0863. The molecule has 0 radical (unpaired) electrons. The molecule has 0 N–H and O–H groups in total. The van der Waals surface area contributed by atoms with Gasteiger partial charge in [-0.1, -0.05) is 17.7 Å². The van der Waals surface area contributed by atoms with Crippen LogP contribution in [-0.2, 0) is 4.74 Å². The molecule has 2 heterocycles. The van der Waals surface area contributed by atoms with Crippen LogP contribution in [0.2, 0.25) is 0 Å². The maximum atomic E-state index is 5.47. The van der Waals surface area contributed by atoms with Gasteiger partial charge in [0.15, 0.2) is 0 Å². The average molecular weight is 269 g/mol. The summed E-state index contributed by atoms with van der Waals surface area (Å²) >= 11 is 0. The van der Waals surface area contributed by atoms with Crippen molar-refractivity contribution in [3.05, 3.63) is 48.3 Å². The first-order valence-electron chi connectivity index (χ1n) is 7.05. The van der Waals surface area contributed by atoms with Crippen LogP contribution >= 0.6 is 0 Å². The van der Waals surface area contributed by atoms with Gasteiger partial charge in [0.1, 0.15) is 0 Å². The van der Waals surface area contributed by atoms with Crippen molar-refractivity contribution in [2.24, 2.45) is 0 Å². The zero-order valence-electron chi connectivity index (χ0n) is 11.7. The lowest BCUT2D eigenvalue weighted by Crippen LogP contribution is -2.37. The van der Waals surface area contributed by atoms with Gasteiger partial charge in [-0.3, -0.25) is 0 Å². The van der Waals surface area contributed by atoms with Gasteiger partial charge in [-0.2, -0.15) is 0 Å². The first-order chi connectivity index (χ1) is 9.84. The minimum absolute atomic E-state index is 0.397. The molecule has 0 saturated carbocycles. The minimum atomic E-state index is 0.397. The third kappa shape index (κ3) is 2.80. The molecule has 2 aromatic rings. The fourth-order valence-electron chi connectivity index (χ4n) is 2.55. The predicted octanol–water partition coefficient (Wildman–Crippen LogP) is 3.10. The number of aromatic nitrogens is 2. The average Bonchev–Trinajstić information content (AvgIpc) is 2.52. The number of hydrogen-bond donors (Lipinski definition) is 0. The van der Waals surface area contributed by atoms with Gasteiger partial charge < -0.3 is 9.64 Å². The third-order valence-corrected chi connectivity index (χ3v) is 3.64. The fraction of sp³-hybridized carbons (Fsp3) is 0.375. The monoisotopic (exact) mass is 269 g/mol. The molecular formula is C16H19N3O. The Kier molecular flexibility index (Phi) is 3.92. The molecule has 0 unspecified atom stereocenters. The number of aryl methyl sites for hydroxylation is 1. The Morgan fingerprint density at radius 2 is 1.70 bits per heavy atom. The zero-order chi connectivity index (χ0) is 13.8. The third-order valence-electron chi connectivity index (χ3n) is 3.64. The molecule has 20 heavy (non-hydrogen) atoms. The van der Waals surface area contributed by atoms with E-state index in [1.807, 2.05) is 6.07 Å². The Balaban J connectivity index is 1.96. The number of benzene rings is 1. The molecule has 104 valence electrons. The molecule has 0 atom stereocenters. The van der Waals surface area contributed by atoms with E-state index in [2.05, 4.69) is 46.1 Å². The number of hydrogen-bond acceptors (Lipinski definition) is 4. The van der Waals surface area contributed by atoms with Gasteiger partial charge in [-0.15, -0.1) is 0 Å². The van der Waals surface area contributed by atoms with Crippen LogP contribution < -0.4 is 4.90 Å². The van der Waals surface area contributed by atoms with Crippen molar-refractivity contribution in [2.45, 2.75) is 25.8 Å². The summed E-state index contributed by atoms with van der Waals surface area (Å²) in [6.45, 7) is 3.71. The highest BCUT2D eigenvalue weighted by atomic mass is 16.5. The molecule has 4 heteroatoms. The number of rotatable bonds is 3. The van der Waals surface area contributed by atoms with E-state index in [1.54, 1.807) is 12.4 Å². The fourth-order valence-corrected chi connectivity index (χ4v) is 2.55. The molecule has 4 nitrogen and oxygen atoms in total. The van der Waals surface area contributed by atoms with Gasteiger partial charge in [0.25, 0.3) is 0 Å². The summed E-state index contributed by atoms with van der Waals surface area (Å²) in [5, 5.41) is 0. The summed E-state index contributed by atoms with van der Waals surface area (Å²) in [6, 6.07) is 10.8. The van der Waals surface area contributed by atoms with Crippen molar-refractivity contribution in [3.63, 3.8) is 0 Å². The number of nitrogens with zero attached hydrogens (tertiary/aromatic N) is 3. The van der Waals surface area contributed by atoms with Crippen LogP contribution in [0.5, 0.6) is 0 Å². The Morgan fingerprint density at radius 1 is 1.05 bits per heavy atom. The van der Waals surface area contributed by atoms with Gasteiger partial charge in [-0.05, 0) is 38.0 Å². The summed E-state index contributed by atoms with van der Waals surface area (Å²) in [5.41, 5.74) is 2.41. The largest absolute Gasteiger partial charge is 0.381 e. The van der Waals surface area contributed by atoms with E-state index in [0.29, 0.717) is 6.04 Å². The lowest BCUT2D eigenvalue weighted by atomic mass is 10.1. The minimum Gasteiger partial charge on any atom is -0.381 e. The Bertz CT molecular complexity index is 535. The molecule has 0 aliphatic carbocycles. The molecule has 1 aromatic heterocycles. The van der Waals surface area contributed by atoms with Crippen molar-refractivity contribution in [3.8, 4) is 0 Å². The maximum absolute atomic E-state index is 5.47. The second-order valence-corrected chi connectivity index (χ2v) is 5.10. The molecule has 1 aliphatic rings. The summed E-state index contributed by atoms with van der Waals surface area (Å²) in [6.07, 6.45) is 5.60. The second kappa shape index (κ2) is 6.01. The van der Waals surface area contributed by atoms with Crippen molar-refractivity contribution in [1.82, 2.24) is 9.97 Å². The van der Waals surface area contributed by atoms with Crippen LogP contribution in [-0.4, -0.2) is 29.2 Å². The van der Waals surface area contributed by atoms with Crippen molar-refractivity contribution >= 4 is 11.6 Å². The Hall–Kier alpha value is -1.94. The summed E-state index contributed by atoms with van der Waals surface area (Å²) < 4.78 is 5.47. The second-order valence-electron chi connectivity index (χ2n) is 5.10. The predicted molar refractivity (Wildman–Crippen MR) is 79.2 cm³/mol. The molecule has 1 saturated heterocycles. The van der Waals surface area contributed by atoms with Gasteiger partial charge >= 0.3 is 0 Å². The van der Waals surface area contributed by atoms with Gasteiger partial charge in [0, 0.05) is 37.3 Å². The van der Waals surface area contributed by atoms with Crippen LogP contribution in [0.1, 0.15) is 18.4 Å². The van der Waals surface area contributed by atoms with E-state index in [-0.39, 0.29) is 0 Å². The van der Waals surface area contributed by atoms with Crippen LogP contribution in [0.25, 0.3) is 0 Å². The highest BCUT2D eigenvalue weighted by Gasteiger charge is 2.24. The van der Waals surface area contributed by atoms with Crippen molar-refractivity contribution in [1.29, 1.82) is 0 Å². The number of ether oxygens (including phenoxy) is 1. The van der Waals surface area contributed by atoms with Crippen molar-refractivity contribution < 1.29 is 4.74 Å². The van der Waals surface area contributed by atoms with E-state index in [4.69, 9.17) is 4.74 Å². The summed E-state index contributed by atoms with van der Waals surface area (Å²) in [7, 11) is 0. The summed E-state index contributed by atoms with van der Waals surface area (Å²) in [5.74, 6) is 0.767. The normalized spacial score (nSPS) is 16.1. The molecular weight excluding hydrogens is 250 g/mol. The van der Waals surface area contributed by atoms with E-state index in [1.165, 1.54) is 5.56 Å². The van der Waals surface area contributed by atoms with Gasteiger partial charge in [0.2, 0.25) is 5.95 Å². The van der Waals surface area contributed by atoms with E-state index < -0.39 is 0 Å². The molecule has 0 amide bonds. The lowest BCUT2D eigenvalue weighted by Gasteiger charge is -2.34. The molecule has 1 aliphatic heterocycles. The van der Waals surface area contributed by atoms with E-state index in [9.17, 15) is 0 Å². The first kappa shape index (κ1) is 13.1. The Labute approximate surface area is 119 Å². The van der Waals surface area contributed by atoms with Crippen molar-refractivity contribution in [2.75, 3.05) is 18.1 Å². The van der Waals surface area contributed by atoms with E-state index in [0.717, 1.165) is 37.7 Å². The van der Waals surface area contributed by atoms with Gasteiger partial charge in [0.05, 0.1) is 0 Å². The Morgan fingerprint density at radius 3 is 2.35 bits per heavy atom. The first-order valence-corrected chi connectivity index (χ1v) is 7.05. The maximum Gasteiger partial charge on any atom is 0.230 e. The highest BCUT2D eigenvalue weighted by Crippen LogP contribution is 2.29. The number of anilines is 2. The highest BCUT2D eigenvalue weighted by molar-refractivity contribution is 5.58. The molecule has 3 rings (SSSR count). The SMILES string of the molecule is Cc1ccc(N(c2ncccn2)C2CCOCC2)cc1. The molecule has 0 bridgehead atoms. The molecule has 0 spiro atoms. The zero-order valence-corrected chi connectivity index (χ0v) is 11.7. The standard InChI is InChI=1S/C16H19N3O/c1-13-3-5-14(6-4-13)19(15-7-11-20-12-8-15)16-17-9-2-10-18-16/h2-6,9-10,15H,7-8,11-12H2,1H3.